The summed E-state index contributed by atoms with van der Waals surface area (Å²) < 4.78 is 39.3. The van der Waals surface area contributed by atoms with E-state index in [4.69, 9.17) is 5.11 Å². The van der Waals surface area contributed by atoms with E-state index >= 15 is 0 Å². The van der Waals surface area contributed by atoms with Gasteiger partial charge in [0.2, 0.25) is 0 Å². The van der Waals surface area contributed by atoms with Gasteiger partial charge >= 0.3 is 12.1 Å². The maximum atomic E-state index is 13.1. The van der Waals surface area contributed by atoms with Crippen LogP contribution in [0.15, 0.2) is 60.0 Å². The average molecular weight is 463 g/mol. The molecule has 0 spiro atoms. The molecule has 2 aromatic rings. The van der Waals surface area contributed by atoms with E-state index in [1.54, 1.807) is 6.08 Å². The maximum Gasteiger partial charge on any atom is 0.416 e. The van der Waals surface area contributed by atoms with Gasteiger partial charge in [-0.15, -0.1) is 0 Å². The highest BCUT2D eigenvalue weighted by Gasteiger charge is 2.47. The van der Waals surface area contributed by atoms with E-state index in [1.165, 1.54) is 23.9 Å². The summed E-state index contributed by atoms with van der Waals surface area (Å²) in [7, 11) is 1.91. The summed E-state index contributed by atoms with van der Waals surface area (Å²) in [5.74, 6) is -1.02. The minimum Gasteiger partial charge on any atom is -0.478 e. The van der Waals surface area contributed by atoms with Crippen molar-refractivity contribution in [3.63, 3.8) is 0 Å². The number of hydrogen-bond donors (Lipinski definition) is 2. The van der Waals surface area contributed by atoms with Crippen LogP contribution in [-0.2, 0) is 22.4 Å². The van der Waals surface area contributed by atoms with Gasteiger partial charge < -0.3 is 10.4 Å². The lowest BCUT2D eigenvalue weighted by atomic mass is 10.0. The van der Waals surface area contributed by atoms with Gasteiger partial charge in [-0.1, -0.05) is 43.5 Å². The van der Waals surface area contributed by atoms with E-state index < -0.39 is 22.7 Å². The lowest BCUT2D eigenvalue weighted by Crippen LogP contribution is -2.46. The van der Waals surface area contributed by atoms with Crippen molar-refractivity contribution in [1.82, 2.24) is 4.90 Å². The number of carbonyl (C=O) groups is 1. The fourth-order valence-corrected chi connectivity index (χ4v) is 5.11. The number of likely N-dealkylation sites (N-methyl/N-ethyl adjacent to an activating group) is 1. The van der Waals surface area contributed by atoms with Crippen LogP contribution in [-0.4, -0.2) is 29.1 Å². The van der Waals surface area contributed by atoms with Crippen molar-refractivity contribution in [3.8, 4) is 0 Å². The molecular weight excluding hydrogens is 437 g/mol. The van der Waals surface area contributed by atoms with E-state index in [1.807, 2.05) is 44.0 Å². The Hall–Kier alpha value is -2.71. The number of carboxylic acids is 1. The molecule has 2 N–H and O–H groups in total. The summed E-state index contributed by atoms with van der Waals surface area (Å²) >= 11 is 1.47. The highest BCUT2D eigenvalue weighted by atomic mass is 32.2. The van der Waals surface area contributed by atoms with Gasteiger partial charge in [0.15, 0.2) is 4.99 Å². The van der Waals surface area contributed by atoms with E-state index in [0.717, 1.165) is 39.9 Å². The Morgan fingerprint density at radius 1 is 1.28 bits per heavy atom. The van der Waals surface area contributed by atoms with E-state index in [2.05, 4.69) is 11.9 Å². The highest BCUT2D eigenvalue weighted by Crippen LogP contribution is 2.52. The number of aliphatic carboxylic acids is 1. The van der Waals surface area contributed by atoms with Crippen LogP contribution in [0.25, 0.3) is 6.08 Å². The molecule has 1 heterocycles. The van der Waals surface area contributed by atoms with Crippen LogP contribution in [0.1, 0.15) is 36.1 Å². The number of nitrogens with zero attached hydrogens (tertiary/aromatic N) is 1. The molecule has 32 heavy (non-hydrogen) atoms. The SMILES string of the molecule is C=C1SC(Nc2ccc(/C=C/C(=O)O)c(CC)c2)(c2ccc(C(F)(F)F)cc2)N(C)C1C. The zero-order chi connectivity index (χ0) is 23.7. The van der Waals surface area contributed by atoms with Gasteiger partial charge in [0.1, 0.15) is 0 Å². The molecule has 0 aromatic heterocycles. The van der Waals surface area contributed by atoms with Crippen LogP contribution in [0, 0.1) is 0 Å². The number of hydrogen-bond acceptors (Lipinski definition) is 4. The van der Waals surface area contributed by atoms with E-state index in [-0.39, 0.29) is 6.04 Å². The number of carboxylic acid groups (broad SMARTS) is 1. The zero-order valence-electron chi connectivity index (χ0n) is 18.0. The molecule has 2 aromatic carbocycles. The van der Waals surface area contributed by atoms with Crippen molar-refractivity contribution in [2.45, 2.75) is 37.5 Å². The predicted molar refractivity (Wildman–Crippen MR) is 123 cm³/mol. The molecule has 1 aliphatic heterocycles. The number of aryl methyl sites for hydroxylation is 1. The van der Waals surface area contributed by atoms with Gasteiger partial charge in [0.05, 0.1) is 5.56 Å². The third-order valence-electron chi connectivity index (χ3n) is 5.67. The van der Waals surface area contributed by atoms with Crippen molar-refractivity contribution in [3.05, 3.63) is 82.3 Å². The first-order valence-corrected chi connectivity index (χ1v) is 10.9. The van der Waals surface area contributed by atoms with Gasteiger partial charge in [-0.05, 0) is 66.8 Å². The lowest BCUT2D eigenvalue weighted by molar-refractivity contribution is -0.137. The Morgan fingerprint density at radius 2 is 1.94 bits per heavy atom. The third kappa shape index (κ3) is 4.71. The average Bonchev–Trinajstić information content (AvgIpc) is 2.96. The Balaban J connectivity index is 2.03. The monoisotopic (exact) mass is 462 g/mol. The van der Waals surface area contributed by atoms with E-state index in [9.17, 15) is 18.0 Å². The topological polar surface area (TPSA) is 52.6 Å². The Morgan fingerprint density at radius 3 is 2.44 bits per heavy atom. The molecule has 0 amide bonds. The molecule has 2 atom stereocenters. The van der Waals surface area contributed by atoms with E-state index in [0.29, 0.717) is 12.0 Å². The van der Waals surface area contributed by atoms with Crippen LogP contribution >= 0.6 is 11.8 Å². The summed E-state index contributed by atoms with van der Waals surface area (Å²) in [5, 5.41) is 12.4. The minimum atomic E-state index is -4.40. The quantitative estimate of drug-likeness (QED) is 0.503. The fourth-order valence-electron chi connectivity index (χ4n) is 3.68. The molecule has 170 valence electrons. The lowest BCUT2D eigenvalue weighted by Gasteiger charge is -2.38. The third-order valence-corrected chi connectivity index (χ3v) is 7.19. The standard InChI is InChI=1S/C24H25F3N2O2S/c1-5-17-14-21(12-6-18(17)7-13-22(30)31)28-24(29(4)15(2)16(3)32-24)20-10-8-19(9-11-20)23(25,26)27/h6-15,28H,3,5H2,1-2,4H3,(H,30,31)/b13-7+. The Kier molecular flexibility index (Phi) is 6.76. The van der Waals surface area contributed by atoms with Gasteiger partial charge in [0.25, 0.3) is 0 Å². The molecule has 0 radical (unpaired) electrons. The summed E-state index contributed by atoms with van der Waals surface area (Å²) in [6, 6.07) is 10.8. The van der Waals surface area contributed by atoms with Gasteiger partial charge in [-0.25, -0.2) is 4.79 Å². The first-order chi connectivity index (χ1) is 15.0. The summed E-state index contributed by atoms with van der Waals surface area (Å²) in [6.45, 7) is 8.11. The van der Waals surface area contributed by atoms with Crippen molar-refractivity contribution in [2.24, 2.45) is 0 Å². The van der Waals surface area contributed by atoms with Gasteiger partial charge in [-0.2, -0.15) is 13.2 Å². The summed E-state index contributed by atoms with van der Waals surface area (Å²) in [5.41, 5.74) is 2.51. The molecule has 1 fully saturated rings. The van der Waals surface area contributed by atoms with Crippen molar-refractivity contribution in [1.29, 1.82) is 0 Å². The molecule has 3 rings (SSSR count). The largest absolute Gasteiger partial charge is 0.478 e. The van der Waals surface area contributed by atoms with Gasteiger partial charge in [-0.3, -0.25) is 4.90 Å². The van der Waals surface area contributed by atoms with Crippen molar-refractivity contribution < 1.29 is 23.1 Å². The number of rotatable bonds is 6. The molecular formula is C24H25F3N2O2S. The number of thioether (sulfide) groups is 1. The summed E-state index contributed by atoms with van der Waals surface area (Å²) in [4.78, 5) is 13.0. The van der Waals surface area contributed by atoms with Crippen LogP contribution in [0.3, 0.4) is 0 Å². The van der Waals surface area contributed by atoms with Crippen molar-refractivity contribution >= 4 is 29.5 Å². The second kappa shape index (κ2) is 9.03. The number of anilines is 1. The molecule has 8 heteroatoms. The molecule has 1 saturated heterocycles. The number of benzene rings is 2. The molecule has 0 bridgehead atoms. The van der Waals surface area contributed by atoms with Crippen LogP contribution in [0.5, 0.6) is 0 Å². The second-order valence-electron chi connectivity index (χ2n) is 7.64. The molecule has 1 aliphatic rings. The molecule has 0 saturated carbocycles. The second-order valence-corrected chi connectivity index (χ2v) is 8.96. The normalized spacial score (nSPS) is 21.9. The maximum absolute atomic E-state index is 13.1. The summed E-state index contributed by atoms with van der Waals surface area (Å²) in [6.07, 6.45) is -1.07. The molecule has 4 nitrogen and oxygen atoms in total. The predicted octanol–water partition coefficient (Wildman–Crippen LogP) is 6.17. The molecule has 0 aliphatic carbocycles. The van der Waals surface area contributed by atoms with Crippen LogP contribution < -0.4 is 5.32 Å². The zero-order valence-corrected chi connectivity index (χ0v) is 18.8. The van der Waals surface area contributed by atoms with Crippen LogP contribution in [0.2, 0.25) is 0 Å². The minimum absolute atomic E-state index is 0.00166. The molecule has 2 unspecified atom stereocenters. The van der Waals surface area contributed by atoms with Crippen molar-refractivity contribution in [2.75, 3.05) is 12.4 Å². The highest BCUT2D eigenvalue weighted by molar-refractivity contribution is 8.04. The number of nitrogens with one attached hydrogen (secondary N) is 1. The van der Waals surface area contributed by atoms with Gasteiger partial charge in [0, 0.05) is 23.4 Å². The number of alkyl halides is 3. The fraction of sp³-hybridized carbons (Fsp3) is 0.292. The smallest absolute Gasteiger partial charge is 0.416 e. The number of halogens is 3. The first kappa shape index (κ1) is 23.9. The Bertz CT molecular complexity index is 1050. The first-order valence-electron chi connectivity index (χ1n) is 10.1. The van der Waals surface area contributed by atoms with Crippen LogP contribution in [0.4, 0.5) is 18.9 Å². The Labute approximate surface area is 189 Å².